The Balaban J connectivity index is 2.08. The van der Waals surface area contributed by atoms with Crippen LogP contribution in [0.25, 0.3) is 11.1 Å². The van der Waals surface area contributed by atoms with Crippen molar-refractivity contribution >= 4 is 17.6 Å². The second kappa shape index (κ2) is 8.63. The Morgan fingerprint density at radius 3 is 2.55 bits per heavy atom. The molecule has 0 bridgehead atoms. The van der Waals surface area contributed by atoms with Gasteiger partial charge < -0.3 is 20.6 Å². The van der Waals surface area contributed by atoms with Crippen LogP contribution in [0.15, 0.2) is 24.4 Å². The maximum Gasteiger partial charge on any atom is 0.257 e. The number of carbonyl (C=O) groups is 2. The van der Waals surface area contributed by atoms with Gasteiger partial charge in [-0.25, -0.2) is 9.37 Å². The van der Waals surface area contributed by atoms with Crippen LogP contribution in [0.1, 0.15) is 55.7 Å². The Bertz CT molecular complexity index is 1100. The van der Waals surface area contributed by atoms with Crippen LogP contribution in [0.4, 0.5) is 10.2 Å². The molecule has 1 aliphatic rings. The summed E-state index contributed by atoms with van der Waals surface area (Å²) in [4.78, 5) is 31.0. The van der Waals surface area contributed by atoms with E-state index in [0.717, 1.165) is 12.8 Å². The Labute approximate surface area is 184 Å². The van der Waals surface area contributed by atoms with Gasteiger partial charge >= 0.3 is 0 Å². The number of pyridine rings is 1. The highest BCUT2D eigenvalue weighted by atomic mass is 19.1. The molecule has 3 N–H and O–H groups in total. The predicted octanol–water partition coefficient (Wildman–Crippen LogP) is 2.97. The Morgan fingerprint density at radius 1 is 1.29 bits per heavy atom. The number of rotatable bonds is 7. The quantitative estimate of drug-likeness (QED) is 0.628. The predicted molar refractivity (Wildman–Crippen MR) is 118 cm³/mol. The van der Waals surface area contributed by atoms with Gasteiger partial charge in [-0.05, 0) is 62.9 Å². The van der Waals surface area contributed by atoms with E-state index >= 15 is 0 Å². The zero-order chi connectivity index (χ0) is 24.7. The van der Waals surface area contributed by atoms with E-state index in [-0.39, 0.29) is 23.0 Å². The number of halogens is 1. The number of aromatic nitrogens is 1. The molecular weight excluding hydrogens is 399 g/mol. The van der Waals surface area contributed by atoms with Crippen LogP contribution in [0, 0.1) is 12.7 Å². The third kappa shape index (κ3) is 5.19. The average molecular weight is 431 g/mol. The molecule has 1 fully saturated rings. The summed E-state index contributed by atoms with van der Waals surface area (Å²) in [6.07, 6.45) is 3.21. The van der Waals surface area contributed by atoms with Crippen LogP contribution in [0.2, 0.25) is 0 Å². The molecule has 2 amide bonds. The van der Waals surface area contributed by atoms with Crippen molar-refractivity contribution in [3.8, 4) is 11.1 Å². The lowest BCUT2D eigenvalue weighted by Gasteiger charge is -2.26. The second-order valence-electron chi connectivity index (χ2n) is 8.58. The van der Waals surface area contributed by atoms with Crippen LogP contribution in [-0.2, 0) is 0 Å². The van der Waals surface area contributed by atoms with Crippen LogP contribution >= 0.6 is 0 Å². The fraction of sp³-hybridized carbons (Fsp3) is 0.435. The second-order valence-corrected chi connectivity index (χ2v) is 8.58. The Hall–Kier alpha value is -3.00. The standard InChI is InChI=1S/C23H29FN4O3/c1-13-8-19(24)17(21(30)26-15-6-7-15)10-16(13)14-9-18(22(31)28(4)5)20(25-11-14)27-23(2,3)12-29/h8-11,15,29H,6-7,12H2,1-5H3,(H,25,27)(H,26,30)/i12D2. The SMILES string of the molecule is [2H]C([2H])(O)C(C)(C)Nc1ncc(-c2cc(C(=O)NC3CC3)c(F)cc2C)cc1C(=O)N(C)C. The Kier molecular flexibility index (Phi) is 5.55. The number of hydrogen-bond donors (Lipinski definition) is 3. The van der Waals surface area contributed by atoms with Crippen molar-refractivity contribution in [2.24, 2.45) is 0 Å². The minimum absolute atomic E-state index is 0.0778. The number of aliphatic hydroxyl groups is 1. The van der Waals surface area contributed by atoms with Gasteiger partial charge in [-0.1, -0.05) is 0 Å². The molecule has 0 aliphatic heterocycles. The fourth-order valence-corrected chi connectivity index (χ4v) is 3.09. The molecule has 166 valence electrons. The molecule has 3 rings (SSSR count). The average Bonchev–Trinajstić information content (AvgIpc) is 3.50. The highest BCUT2D eigenvalue weighted by molar-refractivity contribution is 6.00. The lowest BCUT2D eigenvalue weighted by molar-refractivity contribution is 0.0827. The van der Waals surface area contributed by atoms with Crippen molar-refractivity contribution in [2.45, 2.75) is 45.2 Å². The van der Waals surface area contributed by atoms with Gasteiger partial charge in [0.1, 0.15) is 11.6 Å². The van der Waals surface area contributed by atoms with Gasteiger partial charge in [-0.2, -0.15) is 0 Å². The van der Waals surface area contributed by atoms with E-state index in [1.807, 2.05) is 0 Å². The largest absolute Gasteiger partial charge is 0.394 e. The Morgan fingerprint density at radius 2 is 1.97 bits per heavy atom. The van der Waals surface area contributed by atoms with Crippen molar-refractivity contribution in [1.29, 1.82) is 0 Å². The monoisotopic (exact) mass is 430 g/mol. The first kappa shape index (κ1) is 19.9. The first-order chi connectivity index (χ1) is 15.2. The normalized spacial score (nSPS) is 15.1. The number of benzene rings is 1. The summed E-state index contributed by atoms with van der Waals surface area (Å²) in [5.41, 5.74) is 0.202. The minimum Gasteiger partial charge on any atom is -0.394 e. The molecule has 0 unspecified atom stereocenters. The van der Waals surface area contributed by atoms with Gasteiger partial charge in [-0.15, -0.1) is 0 Å². The maximum atomic E-state index is 14.5. The molecule has 0 radical (unpaired) electrons. The van der Waals surface area contributed by atoms with Gasteiger partial charge in [0.15, 0.2) is 0 Å². The van der Waals surface area contributed by atoms with E-state index in [2.05, 4.69) is 15.6 Å². The molecule has 0 saturated heterocycles. The molecule has 31 heavy (non-hydrogen) atoms. The molecule has 0 spiro atoms. The van der Waals surface area contributed by atoms with Gasteiger partial charge in [-0.3, -0.25) is 9.59 Å². The molecule has 8 heteroatoms. The lowest BCUT2D eigenvalue weighted by Crippen LogP contribution is -2.36. The zero-order valence-electron chi connectivity index (χ0n) is 20.3. The number of hydrogen-bond acceptors (Lipinski definition) is 5. The summed E-state index contributed by atoms with van der Waals surface area (Å²) >= 11 is 0. The smallest absolute Gasteiger partial charge is 0.257 e. The third-order valence-electron chi connectivity index (χ3n) is 5.02. The first-order valence-corrected chi connectivity index (χ1v) is 10.0. The number of anilines is 1. The van der Waals surface area contributed by atoms with Crippen molar-refractivity contribution in [1.82, 2.24) is 15.2 Å². The van der Waals surface area contributed by atoms with Gasteiger partial charge in [0.25, 0.3) is 11.8 Å². The van der Waals surface area contributed by atoms with Crippen molar-refractivity contribution in [2.75, 3.05) is 26.0 Å². The van der Waals surface area contributed by atoms with E-state index in [0.29, 0.717) is 16.7 Å². The number of aryl methyl sites for hydroxylation is 1. The fourth-order valence-electron chi connectivity index (χ4n) is 3.09. The highest BCUT2D eigenvalue weighted by Gasteiger charge is 2.26. The first-order valence-electron chi connectivity index (χ1n) is 11.0. The van der Waals surface area contributed by atoms with E-state index in [4.69, 9.17) is 2.74 Å². The van der Waals surface area contributed by atoms with Gasteiger partial charge in [0.05, 0.1) is 26.0 Å². The summed E-state index contributed by atoms with van der Waals surface area (Å²) in [5.74, 6) is -1.42. The molecule has 1 aromatic carbocycles. The molecule has 1 saturated carbocycles. The van der Waals surface area contributed by atoms with Gasteiger partial charge in [0.2, 0.25) is 0 Å². The van der Waals surface area contributed by atoms with Crippen molar-refractivity contribution in [3.05, 3.63) is 46.9 Å². The van der Waals surface area contributed by atoms with Crippen LogP contribution in [-0.4, -0.2) is 59.0 Å². The summed E-state index contributed by atoms with van der Waals surface area (Å²) in [6, 6.07) is 4.37. The number of nitrogens with one attached hydrogen (secondary N) is 2. The highest BCUT2D eigenvalue weighted by Crippen LogP contribution is 2.30. The number of carbonyl (C=O) groups excluding carboxylic acids is 2. The van der Waals surface area contributed by atoms with E-state index in [9.17, 15) is 19.1 Å². The van der Waals surface area contributed by atoms with Crippen molar-refractivity contribution < 1.29 is 21.8 Å². The molecule has 1 aliphatic carbocycles. The summed E-state index contributed by atoms with van der Waals surface area (Å²) in [7, 11) is 3.14. The van der Waals surface area contributed by atoms with E-state index in [1.54, 1.807) is 27.1 Å². The van der Waals surface area contributed by atoms with Crippen LogP contribution in [0.5, 0.6) is 0 Å². The maximum absolute atomic E-state index is 14.5. The third-order valence-corrected chi connectivity index (χ3v) is 5.02. The molecule has 1 aromatic heterocycles. The van der Waals surface area contributed by atoms with E-state index in [1.165, 1.54) is 37.1 Å². The summed E-state index contributed by atoms with van der Waals surface area (Å²) in [6.45, 7) is 2.00. The molecule has 1 heterocycles. The topological polar surface area (TPSA) is 94.6 Å². The molecule has 7 nitrogen and oxygen atoms in total. The molecular formula is C23H29FN4O3. The molecule has 2 aromatic rings. The van der Waals surface area contributed by atoms with Crippen LogP contribution < -0.4 is 10.6 Å². The lowest BCUT2D eigenvalue weighted by atomic mass is 9.96. The summed E-state index contributed by atoms with van der Waals surface area (Å²) < 4.78 is 29.8. The van der Waals surface area contributed by atoms with Crippen LogP contribution in [0.3, 0.4) is 0 Å². The van der Waals surface area contributed by atoms with Gasteiger partial charge in [0, 0.05) is 31.9 Å². The molecule has 0 atom stereocenters. The van der Waals surface area contributed by atoms with Crippen molar-refractivity contribution in [3.63, 3.8) is 0 Å². The summed E-state index contributed by atoms with van der Waals surface area (Å²) in [5, 5.41) is 15.5. The van der Waals surface area contributed by atoms with E-state index < -0.39 is 29.7 Å². The zero-order valence-corrected chi connectivity index (χ0v) is 18.3. The number of amides is 2. The minimum atomic E-state index is -2.59. The number of nitrogens with zero attached hydrogens (tertiary/aromatic N) is 2.